The Morgan fingerprint density at radius 2 is 1.81 bits per heavy atom. The number of anilines is 2. The summed E-state index contributed by atoms with van der Waals surface area (Å²) in [6, 6.07) is 8.04. The van der Waals surface area contributed by atoms with Crippen LogP contribution in [0.25, 0.3) is 0 Å². The van der Waals surface area contributed by atoms with E-state index in [4.69, 9.17) is 11.6 Å². The number of nitrogens with one attached hydrogen (secondary N) is 1. The Labute approximate surface area is 161 Å². The van der Waals surface area contributed by atoms with Crippen molar-refractivity contribution in [3.63, 3.8) is 0 Å². The molecule has 27 heavy (non-hydrogen) atoms. The van der Waals surface area contributed by atoms with E-state index < -0.39 is 16.6 Å². The van der Waals surface area contributed by atoms with Gasteiger partial charge < -0.3 is 10.2 Å². The molecule has 0 aliphatic carbocycles. The lowest BCUT2D eigenvalue weighted by atomic mass is 10.1. The quantitative estimate of drug-likeness (QED) is 0.586. The second-order valence-electron chi connectivity index (χ2n) is 6.44. The Balaban J connectivity index is 1.86. The third kappa shape index (κ3) is 4.54. The first-order valence-electron chi connectivity index (χ1n) is 8.75. The topological polar surface area (TPSA) is 75.5 Å². The van der Waals surface area contributed by atoms with Gasteiger partial charge in [0.05, 0.1) is 15.6 Å². The summed E-state index contributed by atoms with van der Waals surface area (Å²) in [5, 5.41) is 14.2. The van der Waals surface area contributed by atoms with Crippen LogP contribution in [-0.4, -0.2) is 23.9 Å². The molecule has 1 fully saturated rings. The highest BCUT2D eigenvalue weighted by Gasteiger charge is 2.23. The number of carbonyl (C=O) groups excluding carboxylic acids is 1. The molecule has 6 nitrogen and oxygen atoms in total. The number of amides is 1. The van der Waals surface area contributed by atoms with E-state index in [1.54, 1.807) is 12.1 Å². The van der Waals surface area contributed by atoms with Gasteiger partial charge >= 0.3 is 0 Å². The zero-order valence-electron chi connectivity index (χ0n) is 14.6. The third-order valence-corrected chi connectivity index (χ3v) is 4.87. The van der Waals surface area contributed by atoms with E-state index in [0.717, 1.165) is 44.8 Å². The van der Waals surface area contributed by atoms with Gasteiger partial charge in [-0.25, -0.2) is 4.39 Å². The number of hydrogen-bond donors (Lipinski definition) is 1. The predicted octanol–water partition coefficient (Wildman–Crippen LogP) is 5.02. The van der Waals surface area contributed by atoms with E-state index in [0.29, 0.717) is 5.69 Å². The highest BCUT2D eigenvalue weighted by molar-refractivity contribution is 6.33. The van der Waals surface area contributed by atoms with Crippen molar-refractivity contribution in [1.82, 2.24) is 0 Å². The molecule has 0 aromatic heterocycles. The monoisotopic (exact) mass is 391 g/mol. The van der Waals surface area contributed by atoms with Crippen LogP contribution in [0.3, 0.4) is 0 Å². The second-order valence-corrected chi connectivity index (χ2v) is 6.85. The minimum atomic E-state index is -0.547. The average Bonchev–Trinajstić information content (AvgIpc) is 2.92. The van der Waals surface area contributed by atoms with Gasteiger partial charge in [0.1, 0.15) is 11.5 Å². The molecular formula is C19H19ClFN3O3. The molecular weight excluding hydrogens is 373 g/mol. The molecule has 0 radical (unpaired) electrons. The molecule has 1 saturated heterocycles. The van der Waals surface area contributed by atoms with Crippen molar-refractivity contribution < 1.29 is 14.1 Å². The number of nitrogens with zero attached hydrogens (tertiary/aromatic N) is 2. The molecule has 1 aliphatic rings. The molecule has 8 heteroatoms. The van der Waals surface area contributed by atoms with E-state index in [-0.39, 0.29) is 22.0 Å². The molecule has 142 valence electrons. The Bertz CT molecular complexity index is 867. The lowest BCUT2D eigenvalue weighted by Crippen LogP contribution is -2.25. The van der Waals surface area contributed by atoms with Gasteiger partial charge in [0.2, 0.25) is 0 Å². The van der Waals surface area contributed by atoms with Crippen LogP contribution >= 0.6 is 11.6 Å². The van der Waals surface area contributed by atoms with Crippen molar-refractivity contribution in [1.29, 1.82) is 0 Å². The van der Waals surface area contributed by atoms with E-state index in [2.05, 4.69) is 5.32 Å². The minimum Gasteiger partial charge on any atom is -0.366 e. The van der Waals surface area contributed by atoms with Gasteiger partial charge in [-0.2, -0.15) is 0 Å². The average molecular weight is 392 g/mol. The molecule has 0 saturated carbocycles. The van der Waals surface area contributed by atoms with Crippen molar-refractivity contribution in [3.8, 4) is 0 Å². The van der Waals surface area contributed by atoms with Crippen LogP contribution in [0.5, 0.6) is 0 Å². The first-order valence-corrected chi connectivity index (χ1v) is 9.13. The predicted molar refractivity (Wildman–Crippen MR) is 103 cm³/mol. The van der Waals surface area contributed by atoms with Crippen molar-refractivity contribution in [3.05, 3.63) is 62.9 Å². The maximum Gasteiger partial charge on any atom is 0.293 e. The smallest absolute Gasteiger partial charge is 0.293 e. The van der Waals surface area contributed by atoms with E-state index in [1.807, 2.05) is 4.90 Å². The maximum atomic E-state index is 13.1. The molecule has 3 rings (SSSR count). The van der Waals surface area contributed by atoms with Gasteiger partial charge in [0, 0.05) is 24.7 Å². The molecule has 0 bridgehead atoms. The summed E-state index contributed by atoms with van der Waals surface area (Å²) in [7, 11) is 0. The Hall–Kier alpha value is -2.67. The van der Waals surface area contributed by atoms with Crippen molar-refractivity contribution in [2.45, 2.75) is 25.7 Å². The summed E-state index contributed by atoms with van der Waals surface area (Å²) in [4.78, 5) is 25.6. The standard InChI is InChI=1S/C19H19ClFN3O3/c20-15-12-14(21)6-7-16(15)22-19(25)13-5-8-17(18(11-13)24(26)27)23-9-3-1-2-4-10-23/h5-8,11-12H,1-4,9-10H2,(H,22,25). The van der Waals surface area contributed by atoms with Crippen LogP contribution in [0.15, 0.2) is 36.4 Å². The molecule has 1 heterocycles. The first-order chi connectivity index (χ1) is 13.0. The number of rotatable bonds is 4. The number of hydrogen-bond acceptors (Lipinski definition) is 4. The SMILES string of the molecule is O=C(Nc1ccc(F)cc1Cl)c1ccc(N2CCCCCC2)c([N+](=O)[O-])c1. The highest BCUT2D eigenvalue weighted by Crippen LogP contribution is 2.31. The van der Waals surface area contributed by atoms with Gasteiger partial charge in [0.15, 0.2) is 0 Å². The van der Waals surface area contributed by atoms with Crippen molar-refractivity contribution in [2.75, 3.05) is 23.3 Å². The normalized spacial score (nSPS) is 14.5. The van der Waals surface area contributed by atoms with Crippen LogP contribution in [-0.2, 0) is 0 Å². The van der Waals surface area contributed by atoms with Crippen molar-refractivity contribution in [2.24, 2.45) is 0 Å². The van der Waals surface area contributed by atoms with E-state index in [1.165, 1.54) is 18.2 Å². The maximum absolute atomic E-state index is 13.1. The highest BCUT2D eigenvalue weighted by atomic mass is 35.5. The van der Waals surface area contributed by atoms with Crippen LogP contribution in [0.4, 0.5) is 21.5 Å². The van der Waals surface area contributed by atoms with Gasteiger partial charge in [-0.3, -0.25) is 14.9 Å². The summed E-state index contributed by atoms with van der Waals surface area (Å²) < 4.78 is 13.1. The lowest BCUT2D eigenvalue weighted by Gasteiger charge is -2.22. The Morgan fingerprint density at radius 3 is 2.44 bits per heavy atom. The fourth-order valence-corrected chi connectivity index (χ4v) is 3.39. The first kappa shape index (κ1) is 19.1. The summed E-state index contributed by atoms with van der Waals surface area (Å²) in [6.45, 7) is 1.52. The number of benzene rings is 2. The van der Waals surface area contributed by atoms with Gasteiger partial charge in [-0.1, -0.05) is 24.4 Å². The summed E-state index contributed by atoms with van der Waals surface area (Å²) >= 11 is 5.92. The van der Waals surface area contributed by atoms with E-state index in [9.17, 15) is 19.3 Å². The zero-order chi connectivity index (χ0) is 19.4. The summed E-state index contributed by atoms with van der Waals surface area (Å²) in [5.41, 5.74) is 0.802. The fourth-order valence-electron chi connectivity index (χ4n) is 3.18. The molecule has 2 aromatic carbocycles. The zero-order valence-corrected chi connectivity index (χ0v) is 15.3. The number of nitro benzene ring substituents is 1. The van der Waals surface area contributed by atoms with Crippen LogP contribution < -0.4 is 10.2 Å². The lowest BCUT2D eigenvalue weighted by molar-refractivity contribution is -0.384. The van der Waals surface area contributed by atoms with E-state index >= 15 is 0 Å². The molecule has 0 unspecified atom stereocenters. The molecule has 0 spiro atoms. The van der Waals surface area contributed by atoms with Crippen LogP contribution in [0.2, 0.25) is 5.02 Å². The van der Waals surface area contributed by atoms with Gasteiger partial charge in [-0.05, 0) is 43.2 Å². The number of carbonyl (C=O) groups is 1. The molecule has 0 atom stereocenters. The van der Waals surface area contributed by atoms with Gasteiger partial charge in [-0.15, -0.1) is 0 Å². The molecule has 2 aromatic rings. The third-order valence-electron chi connectivity index (χ3n) is 4.56. The van der Waals surface area contributed by atoms with Crippen LogP contribution in [0, 0.1) is 15.9 Å². The second kappa shape index (κ2) is 8.35. The largest absolute Gasteiger partial charge is 0.366 e. The summed E-state index contributed by atoms with van der Waals surface area (Å²) in [5.74, 6) is -1.07. The Kier molecular flexibility index (Phi) is 5.91. The molecule has 1 N–H and O–H groups in total. The fraction of sp³-hybridized carbons (Fsp3) is 0.316. The Morgan fingerprint density at radius 1 is 1.11 bits per heavy atom. The van der Waals surface area contributed by atoms with Gasteiger partial charge in [0.25, 0.3) is 11.6 Å². The molecule has 1 amide bonds. The van der Waals surface area contributed by atoms with Crippen molar-refractivity contribution >= 4 is 34.6 Å². The summed E-state index contributed by atoms with van der Waals surface area (Å²) in [6.07, 6.45) is 4.21. The van der Waals surface area contributed by atoms with Crippen LogP contribution in [0.1, 0.15) is 36.0 Å². The number of nitro groups is 1. The number of halogens is 2. The minimum absolute atomic E-state index is 0.0547. The molecule has 1 aliphatic heterocycles.